The number of fused-ring (bicyclic) bond motifs is 1. The number of amides is 1. The summed E-state index contributed by atoms with van der Waals surface area (Å²) in [6, 6.07) is 20.0. The Morgan fingerprint density at radius 2 is 1.75 bits per heavy atom. The van der Waals surface area contributed by atoms with E-state index in [4.69, 9.17) is 4.98 Å². The smallest absolute Gasteiger partial charge is 0.233 e. The number of thioether (sulfide) groups is 1. The van der Waals surface area contributed by atoms with E-state index >= 15 is 0 Å². The number of para-hydroxylation sites is 1. The second-order valence-corrected chi connectivity index (χ2v) is 8.21. The molecule has 0 aliphatic carbocycles. The molecular weight excluding hydrogens is 386 g/mol. The molecule has 0 saturated heterocycles. The summed E-state index contributed by atoms with van der Waals surface area (Å²) in [6.07, 6.45) is 5.88. The molecular formula is C22H19N3OS2. The molecule has 28 heavy (non-hydrogen) atoms. The molecule has 0 unspecified atom stereocenters. The summed E-state index contributed by atoms with van der Waals surface area (Å²) < 4.78 is 1.08. The second-order valence-electron chi connectivity index (χ2n) is 6.32. The Morgan fingerprint density at radius 1 is 1.00 bits per heavy atom. The van der Waals surface area contributed by atoms with Crippen LogP contribution in [0.15, 0.2) is 78.0 Å². The molecule has 0 saturated carbocycles. The van der Waals surface area contributed by atoms with E-state index in [0.717, 1.165) is 26.5 Å². The number of nitrogens with zero attached hydrogens (tertiary/aromatic N) is 3. The van der Waals surface area contributed by atoms with Crippen molar-refractivity contribution in [2.45, 2.75) is 17.9 Å². The monoisotopic (exact) mass is 405 g/mol. The third kappa shape index (κ3) is 4.24. The lowest BCUT2D eigenvalue weighted by atomic mass is 10.1. The minimum atomic E-state index is 0.0350. The number of anilines is 1. The molecule has 2 aromatic heterocycles. The van der Waals surface area contributed by atoms with E-state index < -0.39 is 0 Å². The minimum absolute atomic E-state index is 0.0350. The summed E-state index contributed by atoms with van der Waals surface area (Å²) in [7, 11) is 0. The molecule has 4 rings (SSSR count). The summed E-state index contributed by atoms with van der Waals surface area (Å²) in [6.45, 7) is 0.476. The summed E-state index contributed by atoms with van der Waals surface area (Å²) in [5.74, 6) is 0.0350. The highest BCUT2D eigenvalue weighted by atomic mass is 32.2. The zero-order chi connectivity index (χ0) is 19.3. The number of thiazole rings is 1. The number of hydrogen-bond donors (Lipinski definition) is 0. The minimum Gasteiger partial charge on any atom is -0.283 e. The maximum absolute atomic E-state index is 13.2. The van der Waals surface area contributed by atoms with Crippen LogP contribution in [-0.2, 0) is 17.8 Å². The van der Waals surface area contributed by atoms with Gasteiger partial charge < -0.3 is 0 Å². The van der Waals surface area contributed by atoms with Crippen LogP contribution in [0.3, 0.4) is 0 Å². The third-order valence-corrected chi connectivity index (χ3v) is 6.22. The number of rotatable bonds is 6. The maximum atomic E-state index is 13.2. The molecule has 1 amide bonds. The number of pyridine rings is 1. The summed E-state index contributed by atoms with van der Waals surface area (Å²) in [4.78, 5) is 25.0. The van der Waals surface area contributed by atoms with Crippen molar-refractivity contribution in [3.05, 3.63) is 84.2 Å². The van der Waals surface area contributed by atoms with Gasteiger partial charge >= 0.3 is 0 Å². The highest BCUT2D eigenvalue weighted by Crippen LogP contribution is 2.30. The lowest BCUT2D eigenvalue weighted by molar-refractivity contribution is -0.118. The van der Waals surface area contributed by atoms with Gasteiger partial charge in [-0.2, -0.15) is 0 Å². The van der Waals surface area contributed by atoms with E-state index in [9.17, 15) is 4.79 Å². The number of carbonyl (C=O) groups excluding carboxylic acids is 1. The Kier molecular flexibility index (Phi) is 5.69. The molecule has 0 spiro atoms. The molecule has 2 aromatic carbocycles. The van der Waals surface area contributed by atoms with E-state index in [2.05, 4.69) is 17.1 Å². The van der Waals surface area contributed by atoms with Crippen LogP contribution in [0.4, 0.5) is 5.13 Å². The number of hydrogen-bond acceptors (Lipinski definition) is 5. The first-order valence-corrected chi connectivity index (χ1v) is 10.9. The molecule has 2 heterocycles. The van der Waals surface area contributed by atoms with Gasteiger partial charge in [-0.05, 0) is 53.8 Å². The van der Waals surface area contributed by atoms with Crippen molar-refractivity contribution in [1.82, 2.24) is 9.97 Å². The Hall–Kier alpha value is -2.70. The second kappa shape index (κ2) is 8.54. The van der Waals surface area contributed by atoms with Gasteiger partial charge in [-0.15, -0.1) is 11.8 Å². The lowest BCUT2D eigenvalue weighted by Gasteiger charge is -2.20. The van der Waals surface area contributed by atoms with Crippen LogP contribution in [0, 0.1) is 0 Å². The van der Waals surface area contributed by atoms with Crippen molar-refractivity contribution in [2.24, 2.45) is 0 Å². The quantitative estimate of drug-likeness (QED) is 0.414. The van der Waals surface area contributed by atoms with Gasteiger partial charge in [0.15, 0.2) is 5.13 Å². The predicted molar refractivity (Wildman–Crippen MR) is 117 cm³/mol. The van der Waals surface area contributed by atoms with E-state index in [1.54, 1.807) is 40.4 Å². The molecule has 0 fully saturated rings. The summed E-state index contributed by atoms with van der Waals surface area (Å²) in [5, 5.41) is 0.726. The maximum Gasteiger partial charge on any atom is 0.233 e. The van der Waals surface area contributed by atoms with Crippen LogP contribution in [0.2, 0.25) is 0 Å². The Morgan fingerprint density at radius 3 is 2.46 bits per heavy atom. The first kappa shape index (κ1) is 18.7. The summed E-state index contributed by atoms with van der Waals surface area (Å²) in [5.41, 5.74) is 2.95. The van der Waals surface area contributed by atoms with Crippen molar-refractivity contribution in [2.75, 3.05) is 11.2 Å². The van der Waals surface area contributed by atoms with E-state index in [-0.39, 0.29) is 5.91 Å². The van der Waals surface area contributed by atoms with Gasteiger partial charge in [-0.3, -0.25) is 14.7 Å². The predicted octanol–water partition coefficient (Wildman–Crippen LogP) is 5.19. The molecule has 0 radical (unpaired) electrons. The highest BCUT2D eigenvalue weighted by molar-refractivity contribution is 7.98. The lowest BCUT2D eigenvalue weighted by Crippen LogP contribution is -2.31. The van der Waals surface area contributed by atoms with Gasteiger partial charge in [-0.1, -0.05) is 35.6 Å². The molecule has 0 aliphatic rings. The highest BCUT2D eigenvalue weighted by Gasteiger charge is 2.20. The first-order valence-electron chi connectivity index (χ1n) is 8.91. The largest absolute Gasteiger partial charge is 0.283 e. The van der Waals surface area contributed by atoms with E-state index in [1.165, 1.54) is 4.90 Å². The van der Waals surface area contributed by atoms with Crippen LogP contribution in [-0.4, -0.2) is 22.1 Å². The van der Waals surface area contributed by atoms with E-state index in [1.807, 2.05) is 54.8 Å². The van der Waals surface area contributed by atoms with Crippen molar-refractivity contribution >= 4 is 44.4 Å². The Bertz CT molecular complexity index is 1040. The fourth-order valence-corrected chi connectivity index (χ4v) is 4.31. The molecule has 0 atom stereocenters. The first-order chi connectivity index (χ1) is 13.7. The fraction of sp³-hybridized carbons (Fsp3) is 0.136. The molecule has 0 N–H and O–H groups in total. The molecule has 4 nitrogen and oxygen atoms in total. The van der Waals surface area contributed by atoms with Crippen molar-refractivity contribution in [1.29, 1.82) is 0 Å². The molecule has 4 aromatic rings. The number of carbonyl (C=O) groups is 1. The Balaban J connectivity index is 1.64. The zero-order valence-corrected chi connectivity index (χ0v) is 17.0. The summed E-state index contributed by atoms with van der Waals surface area (Å²) >= 11 is 3.24. The van der Waals surface area contributed by atoms with Crippen LogP contribution >= 0.6 is 23.1 Å². The van der Waals surface area contributed by atoms with Gasteiger partial charge in [0.05, 0.1) is 23.2 Å². The third-order valence-electron chi connectivity index (χ3n) is 4.42. The van der Waals surface area contributed by atoms with Gasteiger partial charge in [0.2, 0.25) is 5.91 Å². The molecule has 0 aliphatic heterocycles. The van der Waals surface area contributed by atoms with Crippen LogP contribution < -0.4 is 4.90 Å². The average Bonchev–Trinajstić information content (AvgIpc) is 3.17. The molecule has 140 valence electrons. The van der Waals surface area contributed by atoms with Crippen LogP contribution in [0.5, 0.6) is 0 Å². The van der Waals surface area contributed by atoms with Crippen molar-refractivity contribution in [3.63, 3.8) is 0 Å². The SMILES string of the molecule is CSc1ccc(CC(=O)N(Cc2ccncc2)c2nc3ccccc3s2)cc1. The molecule has 6 heteroatoms. The topological polar surface area (TPSA) is 46.1 Å². The average molecular weight is 406 g/mol. The van der Waals surface area contributed by atoms with Crippen molar-refractivity contribution < 1.29 is 4.79 Å². The Labute approximate surface area is 172 Å². The number of aromatic nitrogens is 2. The van der Waals surface area contributed by atoms with Gasteiger partial charge in [0.25, 0.3) is 0 Å². The standard InChI is InChI=1S/C22H19N3OS2/c1-27-18-8-6-16(7-9-18)14-21(26)25(15-17-10-12-23-13-11-17)22-24-19-4-2-3-5-20(19)28-22/h2-13H,14-15H2,1H3. The van der Waals surface area contributed by atoms with Gasteiger partial charge in [0.1, 0.15) is 0 Å². The fourth-order valence-electron chi connectivity index (χ4n) is 2.92. The zero-order valence-electron chi connectivity index (χ0n) is 15.4. The van der Waals surface area contributed by atoms with E-state index in [0.29, 0.717) is 13.0 Å². The normalized spacial score (nSPS) is 10.9. The van der Waals surface area contributed by atoms with Crippen molar-refractivity contribution in [3.8, 4) is 0 Å². The van der Waals surface area contributed by atoms with Gasteiger partial charge in [-0.25, -0.2) is 4.98 Å². The number of benzene rings is 2. The van der Waals surface area contributed by atoms with Crippen LogP contribution in [0.1, 0.15) is 11.1 Å². The molecule has 0 bridgehead atoms. The van der Waals surface area contributed by atoms with Gasteiger partial charge in [0, 0.05) is 17.3 Å². The van der Waals surface area contributed by atoms with Crippen LogP contribution in [0.25, 0.3) is 10.2 Å².